The van der Waals surface area contributed by atoms with Crippen molar-refractivity contribution in [1.29, 1.82) is 0 Å². The lowest BCUT2D eigenvalue weighted by Crippen LogP contribution is -2.58. The third kappa shape index (κ3) is 19.4. The van der Waals surface area contributed by atoms with E-state index in [0.717, 1.165) is 0 Å². The van der Waals surface area contributed by atoms with E-state index >= 15 is 0 Å². The van der Waals surface area contributed by atoms with Crippen LogP contribution in [-0.2, 0) is 38.1 Å². The van der Waals surface area contributed by atoms with Crippen molar-refractivity contribution in [2.45, 2.75) is 83.6 Å². The van der Waals surface area contributed by atoms with Gasteiger partial charge < -0.3 is 44.3 Å². The van der Waals surface area contributed by atoms with Crippen molar-refractivity contribution in [3.8, 4) is 0 Å². The van der Waals surface area contributed by atoms with Crippen LogP contribution < -0.4 is 5.32 Å². The number of aliphatic hydroxyl groups is 2. The van der Waals surface area contributed by atoms with Crippen LogP contribution in [0.3, 0.4) is 0 Å². The number of ether oxygens (including phenoxy) is 5. The standard InChI is InChI=1S/C24H45NO11/c1-22(2,3)35-20(30)8-11-33-16-24(25-13-18(27)14-26,15-32-10-7-19(28)29)17-34-12-9-21(31)36-23(4,5)6/h18,25-27H,7-17H2,1-6H3,(H,28,29). The van der Waals surface area contributed by atoms with Crippen LogP contribution in [0.15, 0.2) is 0 Å². The van der Waals surface area contributed by atoms with Crippen LogP contribution in [0.2, 0.25) is 0 Å². The lowest BCUT2D eigenvalue weighted by Gasteiger charge is -2.35. The average Bonchev–Trinajstić information content (AvgIpc) is 2.72. The van der Waals surface area contributed by atoms with Gasteiger partial charge in [0.15, 0.2) is 0 Å². The molecule has 0 spiro atoms. The second-order valence-electron chi connectivity index (χ2n) is 10.5. The van der Waals surface area contributed by atoms with Crippen LogP contribution >= 0.6 is 0 Å². The molecule has 0 aromatic rings. The summed E-state index contributed by atoms with van der Waals surface area (Å²) in [6.07, 6.45) is -1.28. The molecule has 212 valence electrons. The Balaban J connectivity index is 5.18. The van der Waals surface area contributed by atoms with Crippen LogP contribution in [0.4, 0.5) is 0 Å². The molecule has 0 radical (unpaired) electrons. The van der Waals surface area contributed by atoms with Gasteiger partial charge in [0.1, 0.15) is 11.2 Å². The Morgan fingerprint density at radius 1 is 0.750 bits per heavy atom. The smallest absolute Gasteiger partial charge is 0.308 e. The van der Waals surface area contributed by atoms with Crippen molar-refractivity contribution in [2.75, 3.05) is 52.8 Å². The number of rotatable bonds is 19. The number of carboxylic acids is 1. The van der Waals surface area contributed by atoms with E-state index in [4.69, 9.17) is 28.8 Å². The number of carbonyl (C=O) groups is 3. The van der Waals surface area contributed by atoms with E-state index in [1.807, 2.05) is 0 Å². The van der Waals surface area contributed by atoms with E-state index in [1.165, 1.54) is 0 Å². The molecule has 0 aromatic carbocycles. The van der Waals surface area contributed by atoms with Crippen LogP contribution in [0, 0.1) is 0 Å². The fourth-order valence-corrected chi connectivity index (χ4v) is 2.74. The second-order valence-corrected chi connectivity index (χ2v) is 10.5. The lowest BCUT2D eigenvalue weighted by atomic mass is 10.0. The molecule has 4 N–H and O–H groups in total. The molecule has 0 aliphatic heterocycles. The number of β-amino-alcohol motifs (C(OH)–C–C–N with tert-alkyl or cyclic N) is 1. The number of nitrogens with one attached hydrogen (secondary N) is 1. The highest BCUT2D eigenvalue weighted by Gasteiger charge is 2.32. The number of hydrogen-bond donors (Lipinski definition) is 4. The van der Waals surface area contributed by atoms with E-state index < -0.39 is 47.4 Å². The maximum absolute atomic E-state index is 12.0. The van der Waals surface area contributed by atoms with E-state index in [2.05, 4.69) is 5.32 Å². The van der Waals surface area contributed by atoms with Crippen molar-refractivity contribution in [1.82, 2.24) is 5.32 Å². The van der Waals surface area contributed by atoms with Crippen molar-refractivity contribution in [2.24, 2.45) is 0 Å². The summed E-state index contributed by atoms with van der Waals surface area (Å²) in [5, 5.41) is 31.0. The number of esters is 2. The third-order valence-electron chi connectivity index (χ3n) is 4.26. The van der Waals surface area contributed by atoms with E-state index in [0.29, 0.717) is 0 Å². The molecule has 0 aliphatic carbocycles. The Bertz CT molecular complexity index is 619. The topological polar surface area (TPSA) is 170 Å². The van der Waals surface area contributed by atoms with Crippen LogP contribution in [0.1, 0.15) is 60.8 Å². The van der Waals surface area contributed by atoms with E-state index in [9.17, 15) is 24.6 Å². The fourth-order valence-electron chi connectivity index (χ4n) is 2.74. The zero-order valence-electron chi connectivity index (χ0n) is 22.5. The van der Waals surface area contributed by atoms with Crippen molar-refractivity contribution >= 4 is 17.9 Å². The third-order valence-corrected chi connectivity index (χ3v) is 4.26. The van der Waals surface area contributed by atoms with Crippen molar-refractivity contribution in [3.63, 3.8) is 0 Å². The molecule has 36 heavy (non-hydrogen) atoms. The largest absolute Gasteiger partial charge is 0.481 e. The average molecular weight is 524 g/mol. The predicted octanol–water partition coefficient (Wildman–Crippen LogP) is 0.656. The Labute approximate surface area is 213 Å². The van der Waals surface area contributed by atoms with Gasteiger partial charge in [0.25, 0.3) is 0 Å². The van der Waals surface area contributed by atoms with Gasteiger partial charge >= 0.3 is 17.9 Å². The van der Waals surface area contributed by atoms with Crippen LogP contribution in [0.25, 0.3) is 0 Å². The highest BCUT2D eigenvalue weighted by Crippen LogP contribution is 2.13. The SMILES string of the molecule is CC(C)(C)OC(=O)CCOCC(COCCC(=O)O)(COCCC(=O)OC(C)(C)C)NCC(O)CO. The summed E-state index contributed by atoms with van der Waals surface area (Å²) in [7, 11) is 0. The first-order chi connectivity index (χ1) is 16.6. The van der Waals surface area contributed by atoms with Crippen LogP contribution in [-0.4, -0.2) is 109 Å². The number of carbonyl (C=O) groups excluding carboxylic acids is 2. The Hall–Kier alpha value is -1.83. The van der Waals surface area contributed by atoms with Gasteiger partial charge in [0.2, 0.25) is 0 Å². The number of aliphatic hydroxyl groups excluding tert-OH is 2. The molecule has 0 saturated heterocycles. The normalized spacial score (nSPS) is 13.3. The quantitative estimate of drug-likeness (QED) is 0.138. The van der Waals surface area contributed by atoms with E-state index in [1.54, 1.807) is 41.5 Å². The summed E-state index contributed by atoms with van der Waals surface area (Å²) in [4.78, 5) is 34.7. The Kier molecular flexibility index (Phi) is 16.0. The minimum Gasteiger partial charge on any atom is -0.481 e. The van der Waals surface area contributed by atoms with Gasteiger partial charge in [-0.3, -0.25) is 14.4 Å². The van der Waals surface area contributed by atoms with Gasteiger partial charge in [-0.1, -0.05) is 0 Å². The summed E-state index contributed by atoms with van der Waals surface area (Å²) >= 11 is 0. The molecule has 1 unspecified atom stereocenters. The first-order valence-electron chi connectivity index (χ1n) is 12.0. The summed E-state index contributed by atoms with van der Waals surface area (Å²) in [5.41, 5.74) is -2.32. The minimum absolute atomic E-state index is 0.00594. The van der Waals surface area contributed by atoms with Crippen molar-refractivity contribution in [3.05, 3.63) is 0 Å². The number of aliphatic carboxylic acids is 1. The molecule has 0 fully saturated rings. The highest BCUT2D eigenvalue weighted by molar-refractivity contribution is 5.70. The molecule has 0 amide bonds. The number of hydrogen-bond acceptors (Lipinski definition) is 11. The zero-order chi connectivity index (χ0) is 27.8. The highest BCUT2D eigenvalue weighted by atomic mass is 16.6. The zero-order valence-corrected chi connectivity index (χ0v) is 22.5. The molecule has 1 atom stereocenters. The summed E-state index contributed by atoms with van der Waals surface area (Å²) in [5.74, 6) is -1.88. The Morgan fingerprint density at radius 2 is 1.14 bits per heavy atom. The maximum Gasteiger partial charge on any atom is 0.308 e. The van der Waals surface area contributed by atoms with Gasteiger partial charge in [-0.25, -0.2) is 0 Å². The molecule has 0 bridgehead atoms. The lowest BCUT2D eigenvalue weighted by molar-refractivity contribution is -0.157. The summed E-state index contributed by atoms with van der Waals surface area (Å²) < 4.78 is 27.4. The van der Waals surface area contributed by atoms with Crippen molar-refractivity contribution < 1.29 is 53.4 Å². The summed E-state index contributed by atoms with van der Waals surface area (Å²) in [6, 6.07) is 0. The first-order valence-corrected chi connectivity index (χ1v) is 12.0. The van der Waals surface area contributed by atoms with Gasteiger partial charge in [-0.05, 0) is 41.5 Å². The van der Waals surface area contributed by atoms with Gasteiger partial charge in [0.05, 0.1) is 77.2 Å². The molecular weight excluding hydrogens is 478 g/mol. The fraction of sp³-hybridized carbons (Fsp3) is 0.875. The molecule has 0 aliphatic rings. The molecule has 12 nitrogen and oxygen atoms in total. The van der Waals surface area contributed by atoms with E-state index in [-0.39, 0.29) is 65.4 Å². The minimum atomic E-state index is -1.08. The molecule has 0 aromatic heterocycles. The maximum atomic E-state index is 12.0. The molecule has 0 saturated carbocycles. The predicted molar refractivity (Wildman–Crippen MR) is 129 cm³/mol. The summed E-state index contributed by atoms with van der Waals surface area (Å²) in [6.45, 7) is 9.91. The first kappa shape index (κ1) is 34.2. The number of carboxylic acid groups (broad SMARTS) is 1. The second kappa shape index (κ2) is 16.8. The van der Waals surface area contributed by atoms with Crippen LogP contribution in [0.5, 0.6) is 0 Å². The molecule has 0 rings (SSSR count). The Morgan fingerprint density at radius 3 is 1.47 bits per heavy atom. The van der Waals surface area contributed by atoms with Gasteiger partial charge in [-0.15, -0.1) is 0 Å². The van der Waals surface area contributed by atoms with Gasteiger partial charge in [0, 0.05) is 6.54 Å². The molecule has 0 heterocycles. The molecule has 12 heteroatoms. The monoisotopic (exact) mass is 523 g/mol. The molecular formula is C24H45NO11. The van der Waals surface area contributed by atoms with Gasteiger partial charge in [-0.2, -0.15) is 0 Å².